The van der Waals surface area contributed by atoms with Crippen LogP contribution in [0.25, 0.3) is 0 Å². The molecule has 1 unspecified atom stereocenters. The van der Waals surface area contributed by atoms with Gasteiger partial charge in [0.1, 0.15) is 0 Å². The molecular weight excluding hydrogens is 230 g/mol. The molecule has 16 heavy (non-hydrogen) atoms. The molecular formula is C9H13N3O3S. The summed E-state index contributed by atoms with van der Waals surface area (Å²) in [4.78, 5) is 21.7. The number of carboxylic acids is 1. The van der Waals surface area contributed by atoms with Crippen LogP contribution in [-0.2, 0) is 4.79 Å². The predicted octanol–water partition coefficient (Wildman–Crippen LogP) is 0.769. The number of carbonyl (C=O) groups excluding carboxylic acids is 1. The second-order valence-corrected chi connectivity index (χ2v) is 4.15. The Hall–Kier alpha value is -1.50. The lowest BCUT2D eigenvalue weighted by atomic mass is 10.1. The minimum absolute atomic E-state index is 0.120. The summed E-state index contributed by atoms with van der Waals surface area (Å²) in [7, 11) is 0. The summed E-state index contributed by atoms with van der Waals surface area (Å²) < 4.78 is 3.58. The molecule has 1 aromatic rings. The van der Waals surface area contributed by atoms with Crippen LogP contribution in [0.15, 0.2) is 5.38 Å². The first kappa shape index (κ1) is 12.6. The van der Waals surface area contributed by atoms with Crippen molar-refractivity contribution in [1.82, 2.24) is 14.9 Å². The summed E-state index contributed by atoms with van der Waals surface area (Å²) >= 11 is 1.12. The van der Waals surface area contributed by atoms with Gasteiger partial charge in [0.2, 0.25) is 0 Å². The molecule has 7 heteroatoms. The van der Waals surface area contributed by atoms with Crippen molar-refractivity contribution >= 4 is 23.4 Å². The van der Waals surface area contributed by atoms with Gasteiger partial charge in [-0.1, -0.05) is 11.4 Å². The smallest absolute Gasteiger partial charge is 0.303 e. The Morgan fingerprint density at radius 3 is 2.94 bits per heavy atom. The van der Waals surface area contributed by atoms with Crippen molar-refractivity contribution < 1.29 is 14.7 Å². The highest BCUT2D eigenvalue weighted by molar-refractivity contribution is 7.03. The number of carboxylic acid groups (broad SMARTS) is 1. The summed E-state index contributed by atoms with van der Waals surface area (Å²) in [5.74, 6) is -0.954. The third-order valence-electron chi connectivity index (χ3n) is 2.05. The van der Waals surface area contributed by atoms with Gasteiger partial charge in [-0.05, 0) is 23.9 Å². The SMILES string of the molecule is CC(CCC(=O)O)CNC(=O)c1csnn1. The Morgan fingerprint density at radius 1 is 1.62 bits per heavy atom. The fourth-order valence-electron chi connectivity index (χ4n) is 1.09. The van der Waals surface area contributed by atoms with E-state index < -0.39 is 5.97 Å². The lowest BCUT2D eigenvalue weighted by Crippen LogP contribution is -2.28. The zero-order valence-corrected chi connectivity index (χ0v) is 9.66. The fourth-order valence-corrected chi connectivity index (χ4v) is 1.53. The van der Waals surface area contributed by atoms with Crippen LogP contribution < -0.4 is 5.32 Å². The molecule has 88 valence electrons. The van der Waals surface area contributed by atoms with Crippen LogP contribution in [0, 0.1) is 5.92 Å². The maximum atomic E-state index is 11.4. The van der Waals surface area contributed by atoms with Crippen LogP contribution in [0.5, 0.6) is 0 Å². The third kappa shape index (κ3) is 4.35. The zero-order chi connectivity index (χ0) is 12.0. The summed E-state index contributed by atoms with van der Waals surface area (Å²) in [6, 6.07) is 0. The number of aliphatic carboxylic acids is 1. The molecule has 2 N–H and O–H groups in total. The molecule has 1 atom stereocenters. The monoisotopic (exact) mass is 243 g/mol. The Kier molecular flexibility index (Phi) is 4.84. The van der Waals surface area contributed by atoms with Gasteiger partial charge in [0.25, 0.3) is 5.91 Å². The number of hydrogen-bond acceptors (Lipinski definition) is 5. The molecule has 0 fully saturated rings. The molecule has 0 aliphatic heterocycles. The van der Waals surface area contributed by atoms with Crippen molar-refractivity contribution in [2.24, 2.45) is 5.92 Å². The van der Waals surface area contributed by atoms with Gasteiger partial charge in [-0.25, -0.2) is 0 Å². The van der Waals surface area contributed by atoms with E-state index in [-0.39, 0.29) is 18.2 Å². The molecule has 6 nitrogen and oxygen atoms in total. The van der Waals surface area contributed by atoms with Crippen LogP contribution in [0.1, 0.15) is 30.3 Å². The number of carbonyl (C=O) groups is 2. The van der Waals surface area contributed by atoms with Crippen LogP contribution in [0.4, 0.5) is 0 Å². The molecule has 0 radical (unpaired) electrons. The molecule has 0 spiro atoms. The van der Waals surface area contributed by atoms with Crippen molar-refractivity contribution in [2.75, 3.05) is 6.54 Å². The van der Waals surface area contributed by atoms with E-state index in [1.54, 1.807) is 5.38 Å². The molecule has 0 saturated heterocycles. The van der Waals surface area contributed by atoms with Crippen LogP contribution in [-0.4, -0.2) is 33.1 Å². The van der Waals surface area contributed by atoms with Crippen molar-refractivity contribution in [3.8, 4) is 0 Å². The summed E-state index contributed by atoms with van der Waals surface area (Å²) in [5.41, 5.74) is 0.301. The zero-order valence-electron chi connectivity index (χ0n) is 8.84. The average molecular weight is 243 g/mol. The highest BCUT2D eigenvalue weighted by atomic mass is 32.1. The summed E-state index contributed by atoms with van der Waals surface area (Å²) in [6.45, 7) is 2.34. The normalized spacial score (nSPS) is 12.1. The molecule has 1 amide bonds. The fraction of sp³-hybridized carbons (Fsp3) is 0.556. The van der Waals surface area contributed by atoms with E-state index in [9.17, 15) is 9.59 Å². The molecule has 0 saturated carbocycles. The maximum Gasteiger partial charge on any atom is 0.303 e. The number of hydrogen-bond donors (Lipinski definition) is 2. The van der Waals surface area contributed by atoms with Crippen molar-refractivity contribution in [3.63, 3.8) is 0 Å². The van der Waals surface area contributed by atoms with Crippen molar-refractivity contribution in [2.45, 2.75) is 19.8 Å². The molecule has 0 bridgehead atoms. The second-order valence-electron chi connectivity index (χ2n) is 3.54. The predicted molar refractivity (Wildman–Crippen MR) is 58.3 cm³/mol. The van der Waals surface area contributed by atoms with Gasteiger partial charge in [-0.15, -0.1) is 5.10 Å². The van der Waals surface area contributed by atoms with Crippen LogP contribution in [0.3, 0.4) is 0 Å². The Morgan fingerprint density at radius 2 is 2.38 bits per heavy atom. The van der Waals surface area contributed by atoms with Gasteiger partial charge < -0.3 is 10.4 Å². The van der Waals surface area contributed by atoms with Gasteiger partial charge in [-0.2, -0.15) is 0 Å². The van der Waals surface area contributed by atoms with E-state index in [2.05, 4.69) is 14.9 Å². The summed E-state index contributed by atoms with van der Waals surface area (Å²) in [5, 5.41) is 16.4. The lowest BCUT2D eigenvalue weighted by molar-refractivity contribution is -0.137. The van der Waals surface area contributed by atoms with Crippen LogP contribution >= 0.6 is 11.5 Å². The Balaban J connectivity index is 2.24. The molecule has 1 heterocycles. The van der Waals surface area contributed by atoms with E-state index in [0.717, 1.165) is 11.5 Å². The highest BCUT2D eigenvalue weighted by Gasteiger charge is 2.10. The van der Waals surface area contributed by atoms with E-state index in [1.165, 1.54) is 0 Å². The number of nitrogens with one attached hydrogen (secondary N) is 1. The first-order chi connectivity index (χ1) is 7.59. The average Bonchev–Trinajstić information content (AvgIpc) is 2.76. The van der Waals surface area contributed by atoms with Gasteiger partial charge in [0, 0.05) is 18.3 Å². The molecule has 1 rings (SSSR count). The van der Waals surface area contributed by atoms with Gasteiger partial charge >= 0.3 is 5.97 Å². The Bertz CT molecular complexity index is 353. The largest absolute Gasteiger partial charge is 0.481 e. The number of aromatic nitrogens is 2. The lowest BCUT2D eigenvalue weighted by Gasteiger charge is -2.10. The van der Waals surface area contributed by atoms with Gasteiger partial charge in [-0.3, -0.25) is 9.59 Å². The maximum absolute atomic E-state index is 11.4. The first-order valence-corrected chi connectivity index (χ1v) is 5.70. The van der Waals surface area contributed by atoms with Crippen LogP contribution in [0.2, 0.25) is 0 Å². The number of rotatable bonds is 6. The topological polar surface area (TPSA) is 92.2 Å². The minimum Gasteiger partial charge on any atom is -0.481 e. The van der Waals surface area contributed by atoms with E-state index in [4.69, 9.17) is 5.11 Å². The molecule has 0 aliphatic rings. The first-order valence-electron chi connectivity index (χ1n) is 4.86. The quantitative estimate of drug-likeness (QED) is 0.769. The van der Waals surface area contributed by atoms with Gasteiger partial charge in [0.05, 0.1) is 0 Å². The molecule has 0 aromatic carbocycles. The molecule has 1 aromatic heterocycles. The second kappa shape index (κ2) is 6.16. The van der Waals surface area contributed by atoms with E-state index in [0.29, 0.717) is 18.7 Å². The number of nitrogens with zero attached hydrogens (tertiary/aromatic N) is 2. The summed E-state index contributed by atoms with van der Waals surface area (Å²) in [6.07, 6.45) is 0.667. The van der Waals surface area contributed by atoms with Gasteiger partial charge in [0.15, 0.2) is 5.69 Å². The number of amides is 1. The van der Waals surface area contributed by atoms with Crippen molar-refractivity contribution in [1.29, 1.82) is 0 Å². The minimum atomic E-state index is -0.818. The van der Waals surface area contributed by atoms with Crippen molar-refractivity contribution in [3.05, 3.63) is 11.1 Å². The Labute approximate surface area is 96.8 Å². The third-order valence-corrected chi connectivity index (χ3v) is 2.56. The van der Waals surface area contributed by atoms with E-state index >= 15 is 0 Å². The van der Waals surface area contributed by atoms with E-state index in [1.807, 2.05) is 6.92 Å². The standard InChI is InChI=1S/C9H13N3O3S/c1-6(2-3-8(13)14)4-10-9(15)7-5-16-12-11-7/h5-6H,2-4H2,1H3,(H,10,15)(H,13,14). The molecule has 0 aliphatic carbocycles. The highest BCUT2D eigenvalue weighted by Crippen LogP contribution is 2.04.